The molecule has 1 aromatic rings. The van der Waals surface area contributed by atoms with Crippen molar-refractivity contribution in [3.8, 4) is 0 Å². The van der Waals surface area contributed by atoms with Crippen LogP contribution in [0.2, 0.25) is 0 Å². The third kappa shape index (κ3) is 4.71. The van der Waals surface area contributed by atoms with Gasteiger partial charge >= 0.3 is 0 Å². The van der Waals surface area contributed by atoms with Crippen LogP contribution >= 0.6 is 0 Å². The Labute approximate surface area is 170 Å². The topological polar surface area (TPSA) is 88.2 Å². The van der Waals surface area contributed by atoms with Crippen molar-refractivity contribution >= 4 is 34.8 Å². The highest BCUT2D eigenvalue weighted by molar-refractivity contribution is 6.41. The van der Waals surface area contributed by atoms with Crippen molar-refractivity contribution in [2.45, 2.75) is 32.6 Å². The Hall–Kier alpha value is -3.41. The Morgan fingerprint density at radius 1 is 1.38 bits per heavy atom. The molecule has 6 nitrogen and oxygen atoms in total. The largest absolute Gasteiger partial charge is 0.301 e. The van der Waals surface area contributed by atoms with Crippen LogP contribution in [0.5, 0.6) is 0 Å². The number of nitrogens with one attached hydrogen (secondary N) is 1. The summed E-state index contributed by atoms with van der Waals surface area (Å²) in [7, 11) is 0. The minimum atomic E-state index is -0.545. The summed E-state index contributed by atoms with van der Waals surface area (Å²) in [6, 6.07) is 0. The van der Waals surface area contributed by atoms with Crippen molar-refractivity contribution in [1.29, 1.82) is 5.41 Å². The van der Waals surface area contributed by atoms with Gasteiger partial charge in [-0.1, -0.05) is 43.9 Å². The second kappa shape index (κ2) is 9.19. The number of aliphatic imine (C=N–C) groups is 1. The quantitative estimate of drug-likeness (QED) is 0.677. The Kier molecular flexibility index (Phi) is 6.44. The van der Waals surface area contributed by atoms with Gasteiger partial charge in [0.25, 0.3) is 0 Å². The van der Waals surface area contributed by atoms with Gasteiger partial charge in [-0.05, 0) is 24.0 Å². The molecule has 0 saturated carbocycles. The molecule has 0 fully saturated rings. The fraction of sp³-hybridized carbons (Fsp3) is 0.261. The van der Waals surface area contributed by atoms with Gasteiger partial charge in [-0.15, -0.1) is 0 Å². The second-order valence-electron chi connectivity index (χ2n) is 6.96. The van der Waals surface area contributed by atoms with Crippen molar-refractivity contribution < 1.29 is 9.59 Å². The normalized spacial score (nSPS) is 18.2. The highest BCUT2D eigenvalue weighted by Crippen LogP contribution is 2.33. The molecule has 1 atom stereocenters. The van der Waals surface area contributed by atoms with Crippen LogP contribution in [0, 0.1) is 11.3 Å². The van der Waals surface area contributed by atoms with Gasteiger partial charge in [0.05, 0.1) is 36.2 Å². The van der Waals surface area contributed by atoms with Crippen LogP contribution in [-0.4, -0.2) is 33.3 Å². The Morgan fingerprint density at radius 2 is 2.21 bits per heavy atom. The van der Waals surface area contributed by atoms with E-state index in [-0.39, 0.29) is 23.7 Å². The van der Waals surface area contributed by atoms with Crippen molar-refractivity contribution in [3.63, 3.8) is 0 Å². The molecule has 1 aliphatic carbocycles. The number of Topliss-reactive ketones (excluding diaryl/α,β-unsaturated/α-hetero) is 2. The summed E-state index contributed by atoms with van der Waals surface area (Å²) in [5.41, 5.74) is 3.07. The molecular weight excluding hydrogens is 364 g/mol. The first-order chi connectivity index (χ1) is 14.0. The second-order valence-corrected chi connectivity index (χ2v) is 6.96. The van der Waals surface area contributed by atoms with Gasteiger partial charge in [0, 0.05) is 24.4 Å². The van der Waals surface area contributed by atoms with Gasteiger partial charge in [0.1, 0.15) is 5.78 Å². The van der Waals surface area contributed by atoms with E-state index in [0.717, 1.165) is 23.3 Å². The number of carbonyl (C=O) groups excluding carboxylic acids is 2. The molecule has 1 aliphatic heterocycles. The summed E-state index contributed by atoms with van der Waals surface area (Å²) in [5, 5.41) is 12.3. The molecule has 148 valence electrons. The summed E-state index contributed by atoms with van der Waals surface area (Å²) in [6.07, 6.45) is 18.2. The van der Waals surface area contributed by atoms with E-state index >= 15 is 0 Å². The zero-order valence-corrected chi connectivity index (χ0v) is 16.5. The summed E-state index contributed by atoms with van der Waals surface area (Å²) in [4.78, 5) is 28.7. The standard InChI is InChI=1S/C23H24N4O2/c1-3-7-22(28)21(24)12-23(29)20-10-6-9-19(16(20)2)17-13-26-27(15-17)18-8-4-5-11-25-14-18/h5-6,8-11,13-15,20,24H,2-4,7,12H2,1H3. The molecule has 0 aromatic carbocycles. The molecule has 0 spiro atoms. The first kappa shape index (κ1) is 20.3. The maximum atomic E-state index is 12.7. The number of hydrogen-bond donors (Lipinski definition) is 1. The molecule has 1 unspecified atom stereocenters. The van der Waals surface area contributed by atoms with Crippen LogP contribution in [0.4, 0.5) is 0 Å². The summed E-state index contributed by atoms with van der Waals surface area (Å²) in [6.45, 7) is 5.99. The van der Waals surface area contributed by atoms with Crippen molar-refractivity contribution in [1.82, 2.24) is 9.78 Å². The fourth-order valence-corrected chi connectivity index (χ4v) is 3.24. The van der Waals surface area contributed by atoms with Crippen LogP contribution in [0.1, 0.15) is 38.2 Å². The Bertz CT molecular complexity index is 1000. The Balaban J connectivity index is 1.73. The predicted octanol–water partition coefficient (Wildman–Crippen LogP) is 4.19. The highest BCUT2D eigenvalue weighted by atomic mass is 16.1. The fourth-order valence-electron chi connectivity index (χ4n) is 3.24. The predicted molar refractivity (Wildman–Crippen MR) is 116 cm³/mol. The van der Waals surface area contributed by atoms with Crippen molar-refractivity contribution in [2.24, 2.45) is 10.9 Å². The van der Waals surface area contributed by atoms with Gasteiger partial charge in [-0.25, -0.2) is 4.68 Å². The Morgan fingerprint density at radius 3 is 3.00 bits per heavy atom. The minimum Gasteiger partial charge on any atom is -0.301 e. The summed E-state index contributed by atoms with van der Waals surface area (Å²) in [5.74, 6) is -1.00. The van der Waals surface area contributed by atoms with Crippen molar-refractivity contribution in [3.05, 3.63) is 66.7 Å². The molecular formula is C23H24N4O2. The van der Waals surface area contributed by atoms with E-state index in [4.69, 9.17) is 5.41 Å². The molecule has 6 heteroatoms. The molecule has 0 amide bonds. The lowest BCUT2D eigenvalue weighted by Gasteiger charge is -2.20. The van der Waals surface area contributed by atoms with Gasteiger partial charge in [0.15, 0.2) is 5.78 Å². The van der Waals surface area contributed by atoms with Crippen LogP contribution in [0.15, 0.2) is 66.1 Å². The first-order valence-corrected chi connectivity index (χ1v) is 9.66. The number of carbonyl (C=O) groups is 2. The molecule has 2 heterocycles. The average Bonchev–Trinajstić information content (AvgIpc) is 3.03. The van der Waals surface area contributed by atoms with E-state index in [1.54, 1.807) is 29.4 Å². The molecule has 1 N–H and O–H groups in total. The molecule has 2 aliphatic rings. The monoisotopic (exact) mass is 388 g/mol. The van der Waals surface area contributed by atoms with Crippen molar-refractivity contribution in [2.75, 3.05) is 0 Å². The SMILES string of the molecule is C=C1C(c2cnn(C3=CCC=CN=C3)c2)=CC=CC1C(=O)CC(=N)C(=O)CCC. The molecule has 0 radical (unpaired) electrons. The zero-order valence-electron chi connectivity index (χ0n) is 16.5. The van der Waals surface area contributed by atoms with E-state index in [2.05, 4.69) is 16.7 Å². The maximum absolute atomic E-state index is 12.7. The van der Waals surface area contributed by atoms with Crippen LogP contribution < -0.4 is 0 Å². The third-order valence-electron chi connectivity index (χ3n) is 4.82. The molecule has 1 aromatic heterocycles. The molecule has 0 bridgehead atoms. The van der Waals surface area contributed by atoms with Gasteiger partial charge in [-0.3, -0.25) is 14.6 Å². The van der Waals surface area contributed by atoms with Gasteiger partial charge in [-0.2, -0.15) is 5.10 Å². The lowest BCUT2D eigenvalue weighted by Crippen LogP contribution is -2.23. The maximum Gasteiger partial charge on any atom is 0.176 e. The lowest BCUT2D eigenvalue weighted by molar-refractivity contribution is -0.120. The van der Waals surface area contributed by atoms with Crippen LogP contribution in [0.3, 0.4) is 0 Å². The van der Waals surface area contributed by atoms with Gasteiger partial charge in [0.2, 0.25) is 0 Å². The van der Waals surface area contributed by atoms with E-state index in [1.807, 2.05) is 37.4 Å². The number of nitrogens with zero attached hydrogens (tertiary/aromatic N) is 3. The van der Waals surface area contributed by atoms with Gasteiger partial charge < -0.3 is 5.41 Å². The number of ketones is 2. The smallest absolute Gasteiger partial charge is 0.176 e. The van der Waals surface area contributed by atoms with E-state index in [0.29, 0.717) is 18.4 Å². The molecule has 3 rings (SSSR count). The number of allylic oxidation sites excluding steroid dienone is 8. The minimum absolute atomic E-state index is 0.129. The molecule has 0 saturated heterocycles. The first-order valence-electron chi connectivity index (χ1n) is 9.66. The van der Waals surface area contributed by atoms with Crippen LogP contribution in [0.25, 0.3) is 11.3 Å². The third-order valence-corrected chi connectivity index (χ3v) is 4.82. The zero-order chi connectivity index (χ0) is 20.8. The average molecular weight is 388 g/mol. The highest BCUT2D eigenvalue weighted by Gasteiger charge is 2.26. The summed E-state index contributed by atoms with van der Waals surface area (Å²) < 4.78 is 1.74. The van der Waals surface area contributed by atoms with E-state index in [1.165, 1.54) is 0 Å². The van der Waals surface area contributed by atoms with E-state index < -0.39 is 5.92 Å². The number of rotatable bonds is 8. The molecule has 29 heavy (non-hydrogen) atoms. The number of aromatic nitrogens is 2. The summed E-state index contributed by atoms with van der Waals surface area (Å²) >= 11 is 0. The lowest BCUT2D eigenvalue weighted by atomic mass is 9.82. The number of hydrogen-bond acceptors (Lipinski definition) is 5. The van der Waals surface area contributed by atoms with E-state index in [9.17, 15) is 9.59 Å². The van der Waals surface area contributed by atoms with Crippen LogP contribution in [-0.2, 0) is 9.59 Å².